The van der Waals surface area contributed by atoms with Crippen molar-refractivity contribution >= 4 is 11.9 Å². The molecule has 0 unspecified atom stereocenters. The van der Waals surface area contributed by atoms with E-state index in [1.165, 1.54) is 5.56 Å². The number of benzene rings is 2. The van der Waals surface area contributed by atoms with Crippen LogP contribution >= 0.6 is 0 Å². The summed E-state index contributed by atoms with van der Waals surface area (Å²) in [6, 6.07) is 16.9. The van der Waals surface area contributed by atoms with Gasteiger partial charge in [-0.1, -0.05) is 50.2 Å². The summed E-state index contributed by atoms with van der Waals surface area (Å²) in [6.07, 6.45) is 1.51. The minimum absolute atomic E-state index is 0.0349. The first-order valence-corrected chi connectivity index (χ1v) is 12.1. The van der Waals surface area contributed by atoms with Gasteiger partial charge in [0.25, 0.3) is 0 Å². The van der Waals surface area contributed by atoms with Crippen molar-refractivity contribution in [1.82, 2.24) is 4.90 Å². The first-order chi connectivity index (χ1) is 15.8. The molecule has 5 heteroatoms. The molecule has 2 aromatic carbocycles. The van der Waals surface area contributed by atoms with Crippen LogP contribution in [0.2, 0.25) is 0 Å². The van der Waals surface area contributed by atoms with Crippen molar-refractivity contribution in [2.24, 2.45) is 0 Å². The van der Waals surface area contributed by atoms with Crippen molar-refractivity contribution in [2.45, 2.75) is 85.4 Å². The first-order valence-electron chi connectivity index (χ1n) is 12.1. The van der Waals surface area contributed by atoms with E-state index in [1.807, 2.05) is 36.4 Å². The molecule has 0 saturated heterocycles. The van der Waals surface area contributed by atoms with Crippen LogP contribution in [0.1, 0.15) is 83.4 Å². The summed E-state index contributed by atoms with van der Waals surface area (Å²) in [7, 11) is 0. The molecule has 2 rings (SSSR count). The number of hydrogen-bond acceptors (Lipinski definition) is 5. The highest BCUT2D eigenvalue weighted by Gasteiger charge is 2.23. The Morgan fingerprint density at radius 2 is 1.52 bits per heavy atom. The Morgan fingerprint density at radius 3 is 2.09 bits per heavy atom. The van der Waals surface area contributed by atoms with Gasteiger partial charge in [-0.2, -0.15) is 0 Å². The predicted octanol–water partition coefficient (Wildman–Crippen LogP) is 6.10. The van der Waals surface area contributed by atoms with Crippen LogP contribution in [0, 0.1) is 0 Å². The number of rotatable bonds is 12. The van der Waals surface area contributed by atoms with Gasteiger partial charge in [0.15, 0.2) is 0 Å². The van der Waals surface area contributed by atoms with Crippen LogP contribution in [0.3, 0.4) is 0 Å². The normalized spacial score (nSPS) is 12.3. The molecule has 5 nitrogen and oxygen atoms in total. The molecule has 0 bridgehead atoms. The van der Waals surface area contributed by atoms with E-state index in [1.54, 1.807) is 13.8 Å². The zero-order valence-electron chi connectivity index (χ0n) is 21.0. The summed E-state index contributed by atoms with van der Waals surface area (Å²) in [5, 5.41) is 0. The highest BCUT2D eigenvalue weighted by Crippen LogP contribution is 2.36. The number of nitrogens with zero attached hydrogens (tertiary/aromatic N) is 1. The summed E-state index contributed by atoms with van der Waals surface area (Å²) in [4.78, 5) is 26.3. The number of carbonyl (C=O) groups excluding carboxylic acids is 2. The van der Waals surface area contributed by atoms with E-state index in [2.05, 4.69) is 44.7 Å². The fraction of sp³-hybridized carbons (Fsp3) is 0.500. The van der Waals surface area contributed by atoms with E-state index in [-0.39, 0.29) is 24.5 Å². The second-order valence-corrected chi connectivity index (χ2v) is 8.89. The van der Waals surface area contributed by atoms with E-state index in [0.717, 1.165) is 24.1 Å². The summed E-state index contributed by atoms with van der Waals surface area (Å²) >= 11 is 0. The Kier molecular flexibility index (Phi) is 10.6. The zero-order valence-corrected chi connectivity index (χ0v) is 21.0. The van der Waals surface area contributed by atoms with Gasteiger partial charge in [0.1, 0.15) is 12.4 Å². The number of carbonyl (C=O) groups is 2. The van der Waals surface area contributed by atoms with Crippen LogP contribution in [0.15, 0.2) is 48.5 Å². The Labute approximate surface area is 199 Å². The van der Waals surface area contributed by atoms with Gasteiger partial charge in [-0.15, -0.1) is 0 Å². The maximum atomic E-state index is 12.2. The van der Waals surface area contributed by atoms with Crippen LogP contribution in [-0.2, 0) is 20.9 Å². The molecule has 0 heterocycles. The molecule has 0 aliphatic carbocycles. The van der Waals surface area contributed by atoms with E-state index in [9.17, 15) is 9.59 Å². The lowest BCUT2D eigenvalue weighted by Gasteiger charge is -2.32. The topological polar surface area (TPSA) is 55.8 Å². The molecule has 0 amide bonds. The van der Waals surface area contributed by atoms with Gasteiger partial charge in [0.05, 0.1) is 0 Å². The number of hydrogen-bond donors (Lipinski definition) is 0. The van der Waals surface area contributed by atoms with Crippen molar-refractivity contribution in [1.29, 1.82) is 0 Å². The monoisotopic (exact) mass is 453 g/mol. The molecular weight excluding hydrogens is 414 g/mol. The number of ether oxygens (including phenoxy) is 2. The van der Waals surface area contributed by atoms with Crippen molar-refractivity contribution < 1.29 is 19.1 Å². The van der Waals surface area contributed by atoms with Crippen LogP contribution in [0.4, 0.5) is 0 Å². The van der Waals surface area contributed by atoms with Crippen molar-refractivity contribution in [3.63, 3.8) is 0 Å². The summed E-state index contributed by atoms with van der Waals surface area (Å²) in [6.45, 7) is 13.5. The van der Waals surface area contributed by atoms with E-state index in [0.29, 0.717) is 30.7 Å². The SMILES string of the molecule is CCC(=O)OCc1ccc(OC(=O)CC)c([C@H](CCN(C(C)C)C(C)C)c2ccccc2)c1. The van der Waals surface area contributed by atoms with Crippen molar-refractivity contribution in [3.05, 3.63) is 65.2 Å². The number of esters is 2. The molecule has 0 fully saturated rings. The molecule has 33 heavy (non-hydrogen) atoms. The Balaban J connectivity index is 2.48. The van der Waals surface area contributed by atoms with Gasteiger partial charge < -0.3 is 9.47 Å². The molecule has 0 saturated carbocycles. The van der Waals surface area contributed by atoms with E-state index >= 15 is 0 Å². The third-order valence-electron chi connectivity index (χ3n) is 5.86. The maximum Gasteiger partial charge on any atom is 0.310 e. The predicted molar refractivity (Wildman–Crippen MR) is 132 cm³/mol. The van der Waals surface area contributed by atoms with E-state index in [4.69, 9.17) is 9.47 Å². The van der Waals surface area contributed by atoms with Gasteiger partial charge in [0.2, 0.25) is 0 Å². The van der Waals surface area contributed by atoms with Gasteiger partial charge in [-0.05, 0) is 63.9 Å². The standard InChI is InChI=1S/C28H39NO4/c1-7-27(30)32-19-22-14-15-26(33-28(31)8-2)25(18-22)24(23-12-10-9-11-13-23)16-17-29(20(3)4)21(5)6/h9-15,18,20-21,24H,7-8,16-17,19H2,1-6H3/t24-/m1/s1. The molecule has 0 radical (unpaired) electrons. The second-order valence-electron chi connectivity index (χ2n) is 8.89. The Bertz CT molecular complexity index is 884. The fourth-order valence-corrected chi connectivity index (χ4v) is 4.09. The fourth-order valence-electron chi connectivity index (χ4n) is 4.09. The lowest BCUT2D eigenvalue weighted by Crippen LogP contribution is -2.38. The van der Waals surface area contributed by atoms with Crippen LogP contribution in [0.25, 0.3) is 0 Å². The average Bonchev–Trinajstić information content (AvgIpc) is 2.81. The minimum Gasteiger partial charge on any atom is -0.461 e. The zero-order chi connectivity index (χ0) is 24.4. The summed E-state index contributed by atoms with van der Waals surface area (Å²) in [5.74, 6) is 0.107. The van der Waals surface area contributed by atoms with Gasteiger partial charge in [-0.3, -0.25) is 14.5 Å². The molecular formula is C28H39NO4. The second kappa shape index (κ2) is 13.1. The van der Waals surface area contributed by atoms with Crippen LogP contribution < -0.4 is 4.74 Å². The van der Waals surface area contributed by atoms with Gasteiger partial charge in [0, 0.05) is 36.4 Å². The highest BCUT2D eigenvalue weighted by molar-refractivity contribution is 5.72. The van der Waals surface area contributed by atoms with Crippen molar-refractivity contribution in [3.8, 4) is 5.75 Å². The lowest BCUT2D eigenvalue weighted by molar-refractivity contribution is -0.144. The summed E-state index contributed by atoms with van der Waals surface area (Å²) < 4.78 is 11.1. The minimum atomic E-state index is -0.265. The van der Waals surface area contributed by atoms with Gasteiger partial charge >= 0.3 is 11.9 Å². The van der Waals surface area contributed by atoms with Crippen molar-refractivity contribution in [2.75, 3.05) is 6.54 Å². The molecule has 0 aliphatic heterocycles. The largest absolute Gasteiger partial charge is 0.461 e. The smallest absolute Gasteiger partial charge is 0.310 e. The van der Waals surface area contributed by atoms with E-state index < -0.39 is 0 Å². The Hall–Kier alpha value is -2.66. The maximum absolute atomic E-state index is 12.2. The van der Waals surface area contributed by atoms with Crippen LogP contribution in [-0.4, -0.2) is 35.5 Å². The molecule has 180 valence electrons. The molecule has 0 aliphatic rings. The van der Waals surface area contributed by atoms with Gasteiger partial charge in [-0.25, -0.2) is 0 Å². The summed E-state index contributed by atoms with van der Waals surface area (Å²) in [5.41, 5.74) is 3.00. The average molecular weight is 454 g/mol. The third-order valence-corrected chi connectivity index (χ3v) is 5.86. The lowest BCUT2D eigenvalue weighted by atomic mass is 9.86. The molecule has 0 spiro atoms. The third kappa shape index (κ3) is 8.01. The Morgan fingerprint density at radius 1 is 0.879 bits per heavy atom. The highest BCUT2D eigenvalue weighted by atomic mass is 16.5. The quantitative estimate of drug-likeness (QED) is 0.287. The molecule has 0 aromatic heterocycles. The molecule has 2 aromatic rings. The van der Waals surface area contributed by atoms with Crippen LogP contribution in [0.5, 0.6) is 5.75 Å². The molecule has 1 atom stereocenters. The first kappa shape index (κ1) is 26.6. The molecule has 0 N–H and O–H groups in total.